The highest BCUT2D eigenvalue weighted by Crippen LogP contribution is 2.01. The van der Waals surface area contributed by atoms with Gasteiger partial charge in [0.15, 0.2) is 0 Å². The summed E-state index contributed by atoms with van der Waals surface area (Å²) in [6.45, 7) is 0.827. The van der Waals surface area contributed by atoms with Gasteiger partial charge in [-0.25, -0.2) is 0 Å². The molecule has 5 heteroatoms. The van der Waals surface area contributed by atoms with Crippen molar-refractivity contribution in [3.63, 3.8) is 0 Å². The van der Waals surface area contributed by atoms with Gasteiger partial charge in [0, 0.05) is 13.3 Å². The second-order valence-corrected chi connectivity index (χ2v) is 3.74. The number of aromatic nitrogens is 2. The number of hydrogen-bond acceptors (Lipinski definition) is 3. The number of aliphatic hydroxyl groups is 1. The van der Waals surface area contributed by atoms with Crippen molar-refractivity contribution in [3.05, 3.63) is 16.0 Å². The lowest BCUT2D eigenvalue weighted by Crippen LogP contribution is -2.21. The van der Waals surface area contributed by atoms with Crippen molar-refractivity contribution < 1.29 is 9.84 Å². The van der Waals surface area contributed by atoms with Gasteiger partial charge in [0.05, 0.1) is 29.0 Å². The van der Waals surface area contributed by atoms with Crippen LogP contribution >= 0.6 is 22.6 Å². The van der Waals surface area contributed by atoms with Crippen LogP contribution in [0.1, 0.15) is 0 Å². The number of nitrogens with zero attached hydrogens (tertiary/aromatic N) is 2. The van der Waals surface area contributed by atoms with Crippen LogP contribution in [-0.2, 0) is 11.3 Å². The lowest BCUT2D eigenvalue weighted by Gasteiger charge is -2.08. The summed E-state index contributed by atoms with van der Waals surface area (Å²) < 4.78 is 7.56. The van der Waals surface area contributed by atoms with Gasteiger partial charge in [-0.05, 0) is 22.6 Å². The summed E-state index contributed by atoms with van der Waals surface area (Å²) in [6, 6.07) is 0. The fourth-order valence-corrected chi connectivity index (χ4v) is 1.35. The molecule has 0 bridgehead atoms. The first-order chi connectivity index (χ1) is 5.72. The third-order valence-corrected chi connectivity index (χ3v) is 1.92. The second kappa shape index (κ2) is 4.78. The Labute approximate surface area is 84.7 Å². The van der Waals surface area contributed by atoms with Gasteiger partial charge in [-0.15, -0.1) is 0 Å². The Morgan fingerprint density at radius 3 is 3.08 bits per heavy atom. The molecule has 4 nitrogen and oxygen atoms in total. The number of aliphatic hydroxyl groups excluding tert-OH is 1. The largest absolute Gasteiger partial charge is 0.389 e. The third-order valence-electron chi connectivity index (χ3n) is 1.36. The predicted octanol–water partition coefficient (Wildman–Crippen LogP) is 0.495. The molecule has 1 atom stereocenters. The van der Waals surface area contributed by atoms with E-state index < -0.39 is 6.10 Å². The van der Waals surface area contributed by atoms with Gasteiger partial charge in [0.2, 0.25) is 0 Å². The molecule has 1 N–H and O–H groups in total. The first-order valence-corrected chi connectivity index (χ1v) is 4.65. The lowest BCUT2D eigenvalue weighted by atomic mass is 10.4. The van der Waals surface area contributed by atoms with Crippen LogP contribution in [0, 0.1) is 3.57 Å². The van der Waals surface area contributed by atoms with Gasteiger partial charge in [-0.2, -0.15) is 5.10 Å². The molecule has 0 aliphatic heterocycles. The Balaban J connectivity index is 2.41. The van der Waals surface area contributed by atoms with Crippen molar-refractivity contribution in [1.82, 2.24) is 9.78 Å². The van der Waals surface area contributed by atoms with Crippen LogP contribution in [0.5, 0.6) is 0 Å². The molecule has 1 aromatic rings. The highest BCUT2D eigenvalue weighted by Gasteiger charge is 2.04. The Morgan fingerprint density at radius 1 is 1.83 bits per heavy atom. The summed E-state index contributed by atoms with van der Waals surface area (Å²) >= 11 is 2.17. The van der Waals surface area contributed by atoms with Crippen molar-refractivity contribution in [3.8, 4) is 0 Å². The maximum atomic E-state index is 9.32. The molecule has 1 unspecified atom stereocenters. The van der Waals surface area contributed by atoms with E-state index in [0.717, 1.165) is 3.57 Å². The van der Waals surface area contributed by atoms with Crippen LogP contribution in [0.3, 0.4) is 0 Å². The van der Waals surface area contributed by atoms with E-state index in [-0.39, 0.29) is 0 Å². The van der Waals surface area contributed by atoms with Gasteiger partial charge in [-0.3, -0.25) is 4.68 Å². The molecule has 0 fully saturated rings. The number of ether oxygens (including phenoxy) is 1. The maximum Gasteiger partial charge on any atom is 0.0968 e. The van der Waals surface area contributed by atoms with E-state index in [1.807, 2.05) is 6.20 Å². The number of rotatable bonds is 4. The lowest BCUT2D eigenvalue weighted by molar-refractivity contribution is 0.0514. The maximum absolute atomic E-state index is 9.32. The fraction of sp³-hybridized carbons (Fsp3) is 0.571. The van der Waals surface area contributed by atoms with Crippen LogP contribution in [0.2, 0.25) is 0 Å². The summed E-state index contributed by atoms with van der Waals surface area (Å²) in [5.41, 5.74) is 0. The van der Waals surface area contributed by atoms with Crippen LogP contribution in [0.25, 0.3) is 0 Å². The summed E-state index contributed by atoms with van der Waals surface area (Å²) in [7, 11) is 1.57. The highest BCUT2D eigenvalue weighted by molar-refractivity contribution is 14.1. The SMILES string of the molecule is COCC(O)Cn1cc(I)cn1. The molecule has 68 valence electrons. The second-order valence-electron chi connectivity index (χ2n) is 2.49. The Morgan fingerprint density at radius 2 is 2.58 bits per heavy atom. The minimum absolute atomic E-state index is 0.344. The third kappa shape index (κ3) is 3.08. The molecule has 0 saturated carbocycles. The molecular formula is C7H11IN2O2. The molecule has 0 radical (unpaired) electrons. The number of methoxy groups -OCH3 is 1. The standard InChI is InChI=1S/C7H11IN2O2/c1-12-5-7(11)4-10-3-6(8)2-9-10/h2-3,7,11H,4-5H2,1H3. The zero-order valence-electron chi connectivity index (χ0n) is 6.77. The van der Waals surface area contributed by atoms with E-state index in [0.29, 0.717) is 13.2 Å². The molecule has 0 saturated heterocycles. The Bertz CT molecular complexity index is 239. The average Bonchev–Trinajstić information content (AvgIpc) is 2.36. The Hall–Kier alpha value is -0.140. The van der Waals surface area contributed by atoms with Crippen molar-refractivity contribution in [2.45, 2.75) is 12.6 Å². The van der Waals surface area contributed by atoms with E-state index in [1.54, 1.807) is 18.0 Å². The molecule has 0 spiro atoms. The van der Waals surface area contributed by atoms with Crippen LogP contribution in [-0.4, -0.2) is 34.7 Å². The summed E-state index contributed by atoms with van der Waals surface area (Å²) in [6.07, 6.45) is 3.14. The first-order valence-electron chi connectivity index (χ1n) is 3.57. The monoisotopic (exact) mass is 282 g/mol. The quantitative estimate of drug-likeness (QED) is 0.818. The van der Waals surface area contributed by atoms with E-state index >= 15 is 0 Å². The smallest absolute Gasteiger partial charge is 0.0968 e. The van der Waals surface area contributed by atoms with E-state index in [1.165, 1.54) is 0 Å². The van der Waals surface area contributed by atoms with Crippen LogP contribution in [0.15, 0.2) is 12.4 Å². The first kappa shape index (κ1) is 9.94. The van der Waals surface area contributed by atoms with E-state index in [2.05, 4.69) is 27.7 Å². The van der Waals surface area contributed by atoms with Gasteiger partial charge < -0.3 is 9.84 Å². The fourth-order valence-electron chi connectivity index (χ4n) is 0.899. The summed E-state index contributed by atoms with van der Waals surface area (Å²) in [5, 5.41) is 13.4. The number of hydrogen-bond donors (Lipinski definition) is 1. The van der Waals surface area contributed by atoms with Crippen molar-refractivity contribution in [2.24, 2.45) is 0 Å². The minimum Gasteiger partial charge on any atom is -0.389 e. The molecule has 1 rings (SSSR count). The molecule has 12 heavy (non-hydrogen) atoms. The predicted molar refractivity (Wildman–Crippen MR) is 52.8 cm³/mol. The molecule has 1 heterocycles. The normalized spacial score (nSPS) is 13.2. The van der Waals surface area contributed by atoms with Crippen molar-refractivity contribution in [1.29, 1.82) is 0 Å². The van der Waals surface area contributed by atoms with Crippen molar-refractivity contribution in [2.75, 3.05) is 13.7 Å². The molecule has 0 aromatic carbocycles. The van der Waals surface area contributed by atoms with E-state index in [4.69, 9.17) is 4.74 Å². The zero-order valence-corrected chi connectivity index (χ0v) is 8.93. The van der Waals surface area contributed by atoms with E-state index in [9.17, 15) is 5.11 Å². The van der Waals surface area contributed by atoms with Crippen molar-refractivity contribution >= 4 is 22.6 Å². The Kier molecular flexibility index (Phi) is 3.96. The number of halogens is 1. The molecule has 0 aliphatic carbocycles. The average molecular weight is 282 g/mol. The molecular weight excluding hydrogens is 271 g/mol. The topological polar surface area (TPSA) is 47.3 Å². The van der Waals surface area contributed by atoms with Gasteiger partial charge in [0.25, 0.3) is 0 Å². The van der Waals surface area contributed by atoms with Gasteiger partial charge >= 0.3 is 0 Å². The molecule has 0 aliphatic rings. The summed E-state index contributed by atoms with van der Waals surface area (Å²) in [4.78, 5) is 0. The molecule has 1 aromatic heterocycles. The molecule has 0 amide bonds. The highest BCUT2D eigenvalue weighted by atomic mass is 127. The van der Waals surface area contributed by atoms with Crippen LogP contribution < -0.4 is 0 Å². The minimum atomic E-state index is -0.481. The van der Waals surface area contributed by atoms with Gasteiger partial charge in [-0.1, -0.05) is 0 Å². The summed E-state index contributed by atoms with van der Waals surface area (Å²) in [5.74, 6) is 0. The zero-order chi connectivity index (χ0) is 8.97. The van der Waals surface area contributed by atoms with Gasteiger partial charge in [0.1, 0.15) is 0 Å². The van der Waals surface area contributed by atoms with Crippen LogP contribution in [0.4, 0.5) is 0 Å².